The number of hydrogen-bond acceptors (Lipinski definition) is 2. The molecule has 0 aromatic rings. The van der Waals surface area contributed by atoms with E-state index in [1.165, 1.54) is 44.9 Å². The summed E-state index contributed by atoms with van der Waals surface area (Å²) < 4.78 is 0. The third kappa shape index (κ3) is 1.96. The Labute approximate surface area is 87.1 Å². The first-order valence-electron chi connectivity index (χ1n) is 6.11. The lowest BCUT2D eigenvalue weighted by Gasteiger charge is -2.32. The lowest BCUT2D eigenvalue weighted by molar-refractivity contribution is 0.113. The van der Waals surface area contributed by atoms with Gasteiger partial charge in [-0.2, -0.15) is 0 Å². The number of rotatable bonds is 3. The average molecular weight is 197 g/mol. The van der Waals surface area contributed by atoms with Gasteiger partial charge < -0.3 is 10.4 Å². The quantitative estimate of drug-likeness (QED) is 0.726. The molecule has 82 valence electrons. The van der Waals surface area contributed by atoms with Crippen molar-refractivity contribution in [2.75, 3.05) is 6.61 Å². The van der Waals surface area contributed by atoms with Gasteiger partial charge in [-0.05, 0) is 25.7 Å². The van der Waals surface area contributed by atoms with Crippen LogP contribution in [0.2, 0.25) is 0 Å². The van der Waals surface area contributed by atoms with Crippen molar-refractivity contribution in [3.63, 3.8) is 0 Å². The van der Waals surface area contributed by atoms with Crippen molar-refractivity contribution in [2.24, 2.45) is 5.41 Å². The minimum Gasteiger partial charge on any atom is -0.396 e. The molecule has 0 amide bonds. The van der Waals surface area contributed by atoms with Gasteiger partial charge in [-0.3, -0.25) is 0 Å². The smallest absolute Gasteiger partial charge is 0.0499 e. The van der Waals surface area contributed by atoms with Gasteiger partial charge in [0.15, 0.2) is 0 Å². The summed E-state index contributed by atoms with van der Waals surface area (Å²) in [6.07, 6.45) is 9.19. The van der Waals surface area contributed by atoms with Gasteiger partial charge in [0.2, 0.25) is 0 Å². The summed E-state index contributed by atoms with van der Waals surface area (Å²) in [5.74, 6) is 0. The van der Waals surface area contributed by atoms with E-state index in [1.54, 1.807) is 0 Å². The molecule has 2 aliphatic carbocycles. The Morgan fingerprint density at radius 1 is 1.21 bits per heavy atom. The maximum atomic E-state index is 9.43. The molecule has 0 spiro atoms. The molecule has 0 bridgehead atoms. The van der Waals surface area contributed by atoms with Gasteiger partial charge in [-0.1, -0.05) is 26.2 Å². The van der Waals surface area contributed by atoms with E-state index in [-0.39, 0.29) is 5.41 Å². The Balaban J connectivity index is 1.89. The first-order chi connectivity index (χ1) is 6.74. The number of hydrogen-bond donors (Lipinski definition) is 2. The molecule has 0 aliphatic heterocycles. The van der Waals surface area contributed by atoms with Gasteiger partial charge >= 0.3 is 0 Å². The van der Waals surface area contributed by atoms with Gasteiger partial charge in [0.05, 0.1) is 0 Å². The SMILES string of the molecule is CC1(CO)CCCC1NC1CCCC1. The summed E-state index contributed by atoms with van der Waals surface area (Å²) in [7, 11) is 0. The number of aliphatic hydroxyl groups is 1. The number of aliphatic hydroxyl groups excluding tert-OH is 1. The van der Waals surface area contributed by atoms with Gasteiger partial charge in [0.1, 0.15) is 0 Å². The molecule has 14 heavy (non-hydrogen) atoms. The Morgan fingerprint density at radius 3 is 2.57 bits per heavy atom. The highest BCUT2D eigenvalue weighted by Gasteiger charge is 2.39. The maximum absolute atomic E-state index is 9.43. The highest BCUT2D eigenvalue weighted by Crippen LogP contribution is 2.38. The summed E-state index contributed by atoms with van der Waals surface area (Å²) in [5.41, 5.74) is 0.155. The van der Waals surface area contributed by atoms with Crippen LogP contribution in [0.4, 0.5) is 0 Å². The zero-order chi connectivity index (χ0) is 10.0. The van der Waals surface area contributed by atoms with E-state index >= 15 is 0 Å². The topological polar surface area (TPSA) is 32.3 Å². The summed E-state index contributed by atoms with van der Waals surface area (Å²) in [4.78, 5) is 0. The minimum atomic E-state index is 0.155. The fraction of sp³-hybridized carbons (Fsp3) is 1.00. The van der Waals surface area contributed by atoms with E-state index in [9.17, 15) is 5.11 Å². The zero-order valence-corrected chi connectivity index (χ0v) is 9.26. The van der Waals surface area contributed by atoms with Crippen LogP contribution < -0.4 is 5.32 Å². The Kier molecular flexibility index (Phi) is 3.13. The Morgan fingerprint density at radius 2 is 1.93 bits per heavy atom. The van der Waals surface area contributed by atoms with Crippen molar-refractivity contribution < 1.29 is 5.11 Å². The average Bonchev–Trinajstić information content (AvgIpc) is 2.79. The van der Waals surface area contributed by atoms with E-state index in [2.05, 4.69) is 12.2 Å². The lowest BCUT2D eigenvalue weighted by atomic mass is 9.85. The summed E-state index contributed by atoms with van der Waals surface area (Å²) >= 11 is 0. The van der Waals surface area contributed by atoms with E-state index in [0.29, 0.717) is 12.6 Å². The van der Waals surface area contributed by atoms with Crippen LogP contribution in [0.1, 0.15) is 51.9 Å². The molecule has 0 radical (unpaired) electrons. The van der Waals surface area contributed by atoms with Crippen molar-refractivity contribution >= 4 is 0 Å². The van der Waals surface area contributed by atoms with E-state index in [0.717, 1.165) is 6.04 Å². The van der Waals surface area contributed by atoms with E-state index in [1.807, 2.05) is 0 Å². The first kappa shape index (κ1) is 10.4. The van der Waals surface area contributed by atoms with Gasteiger partial charge in [0.25, 0.3) is 0 Å². The molecule has 0 heterocycles. The molecule has 2 aliphatic rings. The molecule has 2 fully saturated rings. The molecule has 2 nitrogen and oxygen atoms in total. The van der Waals surface area contributed by atoms with Crippen LogP contribution in [-0.2, 0) is 0 Å². The molecule has 0 aromatic heterocycles. The Bertz CT molecular complexity index is 189. The van der Waals surface area contributed by atoms with Crippen LogP contribution in [0, 0.1) is 5.41 Å². The van der Waals surface area contributed by atoms with Crippen molar-refractivity contribution in [2.45, 2.75) is 64.0 Å². The van der Waals surface area contributed by atoms with E-state index < -0.39 is 0 Å². The fourth-order valence-electron chi connectivity index (χ4n) is 3.08. The first-order valence-corrected chi connectivity index (χ1v) is 6.11. The monoisotopic (exact) mass is 197 g/mol. The molecular formula is C12H23NO. The molecular weight excluding hydrogens is 174 g/mol. The maximum Gasteiger partial charge on any atom is 0.0499 e. The molecule has 2 rings (SSSR count). The summed E-state index contributed by atoms with van der Waals surface area (Å²) in [6.45, 7) is 2.57. The highest BCUT2D eigenvalue weighted by molar-refractivity contribution is 4.95. The second-order valence-corrected chi connectivity index (χ2v) is 5.41. The van der Waals surface area contributed by atoms with Gasteiger partial charge in [0, 0.05) is 24.1 Å². The van der Waals surface area contributed by atoms with Crippen LogP contribution in [0.3, 0.4) is 0 Å². The van der Waals surface area contributed by atoms with Crippen molar-refractivity contribution in [1.29, 1.82) is 0 Å². The molecule has 2 saturated carbocycles. The van der Waals surface area contributed by atoms with Crippen LogP contribution in [-0.4, -0.2) is 23.8 Å². The molecule has 2 heteroatoms. The minimum absolute atomic E-state index is 0.155. The van der Waals surface area contributed by atoms with Crippen LogP contribution >= 0.6 is 0 Å². The zero-order valence-electron chi connectivity index (χ0n) is 9.26. The third-order valence-corrected chi connectivity index (χ3v) is 4.24. The normalized spacial score (nSPS) is 39.4. The van der Waals surface area contributed by atoms with Crippen LogP contribution in [0.15, 0.2) is 0 Å². The van der Waals surface area contributed by atoms with Crippen LogP contribution in [0.5, 0.6) is 0 Å². The van der Waals surface area contributed by atoms with Crippen molar-refractivity contribution in [1.82, 2.24) is 5.32 Å². The molecule has 0 saturated heterocycles. The predicted octanol–water partition coefficient (Wildman–Crippen LogP) is 2.07. The Hall–Kier alpha value is -0.0800. The summed E-state index contributed by atoms with van der Waals surface area (Å²) in [6, 6.07) is 1.31. The van der Waals surface area contributed by atoms with Crippen molar-refractivity contribution in [3.05, 3.63) is 0 Å². The standard InChI is InChI=1S/C12H23NO/c1-12(9-14)8-4-7-11(12)13-10-5-2-3-6-10/h10-11,13-14H,2-9H2,1H3. The molecule has 2 N–H and O–H groups in total. The largest absolute Gasteiger partial charge is 0.396 e. The van der Waals surface area contributed by atoms with Crippen LogP contribution in [0.25, 0.3) is 0 Å². The molecule has 2 unspecified atom stereocenters. The van der Waals surface area contributed by atoms with E-state index in [4.69, 9.17) is 0 Å². The summed E-state index contributed by atoms with van der Waals surface area (Å²) in [5, 5.41) is 13.2. The molecule has 2 atom stereocenters. The van der Waals surface area contributed by atoms with Gasteiger partial charge in [-0.25, -0.2) is 0 Å². The van der Waals surface area contributed by atoms with Gasteiger partial charge in [-0.15, -0.1) is 0 Å². The second kappa shape index (κ2) is 4.19. The number of nitrogens with one attached hydrogen (secondary N) is 1. The fourth-order valence-corrected chi connectivity index (χ4v) is 3.08. The molecule has 0 aromatic carbocycles. The van der Waals surface area contributed by atoms with Crippen molar-refractivity contribution in [3.8, 4) is 0 Å². The highest BCUT2D eigenvalue weighted by atomic mass is 16.3. The predicted molar refractivity (Wildman–Crippen MR) is 58.2 cm³/mol. The third-order valence-electron chi connectivity index (χ3n) is 4.24. The second-order valence-electron chi connectivity index (χ2n) is 5.41. The lowest BCUT2D eigenvalue weighted by Crippen LogP contribution is -2.45.